The number of nitrogens with one attached hydrogen (secondary N) is 1. The lowest BCUT2D eigenvalue weighted by molar-refractivity contribution is 0.463. The Balaban J connectivity index is 0. The number of hydrogen-bond donors (Lipinski definition) is 1. The molecule has 0 saturated carbocycles. The monoisotopic (exact) mass is 224 g/mol. The van der Waals surface area contributed by atoms with E-state index in [1.807, 2.05) is 14.1 Å². The maximum Gasteiger partial charge on any atom is 0.0690 e. The van der Waals surface area contributed by atoms with Gasteiger partial charge in [0.05, 0.1) is 12.6 Å². The fourth-order valence-electron chi connectivity index (χ4n) is 1.13. The van der Waals surface area contributed by atoms with Crippen molar-refractivity contribution in [2.24, 2.45) is 0 Å². The number of halogens is 2. The van der Waals surface area contributed by atoms with Crippen LogP contribution in [0.1, 0.15) is 12.8 Å². The zero-order valence-electron chi connectivity index (χ0n) is 8.17. The van der Waals surface area contributed by atoms with Crippen LogP contribution < -0.4 is 5.32 Å². The highest BCUT2D eigenvalue weighted by Crippen LogP contribution is 2.02. The van der Waals surface area contributed by atoms with E-state index in [9.17, 15) is 0 Å². The molecule has 1 rings (SSSR count). The van der Waals surface area contributed by atoms with Gasteiger partial charge in [0.2, 0.25) is 0 Å². The zero-order chi connectivity index (χ0) is 8.10. The van der Waals surface area contributed by atoms with Gasteiger partial charge in [0, 0.05) is 0 Å². The molecule has 2 nitrogen and oxygen atoms in total. The van der Waals surface area contributed by atoms with Gasteiger partial charge in [-0.1, -0.05) is 11.8 Å². The molecule has 0 aromatic rings. The van der Waals surface area contributed by atoms with Crippen LogP contribution in [0.3, 0.4) is 0 Å². The molecule has 1 saturated heterocycles. The van der Waals surface area contributed by atoms with Gasteiger partial charge >= 0.3 is 0 Å². The second-order valence-corrected chi connectivity index (χ2v) is 3.21. The molecule has 0 amide bonds. The average Bonchev–Trinajstić information content (AvgIpc) is 2.39. The first kappa shape index (κ1) is 15.5. The van der Waals surface area contributed by atoms with Crippen molar-refractivity contribution in [1.82, 2.24) is 10.2 Å². The SMILES string of the molecule is CN(C)CC#C[C@H]1CCCN1.Cl.Cl. The summed E-state index contributed by atoms with van der Waals surface area (Å²) in [5.41, 5.74) is 0. The zero-order valence-corrected chi connectivity index (χ0v) is 9.80. The van der Waals surface area contributed by atoms with Gasteiger partial charge in [-0.15, -0.1) is 24.8 Å². The highest BCUT2D eigenvalue weighted by Gasteiger charge is 2.09. The van der Waals surface area contributed by atoms with Crippen LogP contribution >= 0.6 is 24.8 Å². The van der Waals surface area contributed by atoms with E-state index in [1.54, 1.807) is 0 Å². The first-order valence-electron chi connectivity index (χ1n) is 4.15. The minimum Gasteiger partial charge on any atom is -0.304 e. The average molecular weight is 225 g/mol. The molecule has 4 heteroatoms. The lowest BCUT2D eigenvalue weighted by Crippen LogP contribution is -2.19. The Bertz CT molecular complexity index is 166. The molecule has 0 aromatic carbocycles. The lowest BCUT2D eigenvalue weighted by atomic mass is 10.2. The van der Waals surface area contributed by atoms with E-state index in [0.29, 0.717) is 6.04 Å². The predicted molar refractivity (Wildman–Crippen MR) is 61.9 cm³/mol. The normalized spacial score (nSPS) is 19.8. The fourth-order valence-corrected chi connectivity index (χ4v) is 1.13. The van der Waals surface area contributed by atoms with Gasteiger partial charge in [-0.05, 0) is 33.5 Å². The Morgan fingerprint density at radius 3 is 2.54 bits per heavy atom. The standard InChI is InChI=1S/C9H16N2.2ClH/c1-11(2)8-4-6-9-5-3-7-10-9;;/h9-10H,3,5,7-8H2,1-2H3;2*1H/t9-;;/m1../s1. The van der Waals surface area contributed by atoms with E-state index in [-0.39, 0.29) is 24.8 Å². The van der Waals surface area contributed by atoms with Gasteiger partial charge in [-0.3, -0.25) is 4.90 Å². The van der Waals surface area contributed by atoms with Crippen molar-refractivity contribution >= 4 is 24.8 Å². The second kappa shape index (κ2) is 8.65. The molecular formula is C9H18Cl2N2. The van der Waals surface area contributed by atoms with Crippen LogP contribution in [0.15, 0.2) is 0 Å². The van der Waals surface area contributed by atoms with Crippen LogP contribution in [0.2, 0.25) is 0 Å². The third kappa shape index (κ3) is 7.16. The number of rotatable bonds is 1. The van der Waals surface area contributed by atoms with Crippen LogP contribution in [0, 0.1) is 11.8 Å². The molecule has 1 aliphatic heterocycles. The third-order valence-corrected chi connectivity index (χ3v) is 1.73. The molecule has 1 aliphatic rings. The van der Waals surface area contributed by atoms with E-state index in [2.05, 4.69) is 22.1 Å². The van der Waals surface area contributed by atoms with Crippen LogP contribution in [-0.2, 0) is 0 Å². The summed E-state index contributed by atoms with van der Waals surface area (Å²) in [4.78, 5) is 2.09. The van der Waals surface area contributed by atoms with E-state index < -0.39 is 0 Å². The van der Waals surface area contributed by atoms with Gasteiger partial charge < -0.3 is 5.32 Å². The van der Waals surface area contributed by atoms with Crippen molar-refractivity contribution in [2.75, 3.05) is 27.2 Å². The summed E-state index contributed by atoms with van der Waals surface area (Å²) < 4.78 is 0. The summed E-state index contributed by atoms with van der Waals surface area (Å²) in [6.45, 7) is 2.01. The van der Waals surface area contributed by atoms with E-state index >= 15 is 0 Å². The molecule has 0 aliphatic carbocycles. The summed E-state index contributed by atoms with van der Waals surface area (Å²) in [6.07, 6.45) is 2.50. The van der Waals surface area contributed by atoms with Gasteiger partial charge in [-0.2, -0.15) is 0 Å². The summed E-state index contributed by atoms with van der Waals surface area (Å²) >= 11 is 0. The van der Waals surface area contributed by atoms with Gasteiger partial charge in [0.25, 0.3) is 0 Å². The quantitative estimate of drug-likeness (QED) is 0.673. The highest BCUT2D eigenvalue weighted by atomic mass is 35.5. The fraction of sp³-hybridized carbons (Fsp3) is 0.778. The first-order chi connectivity index (χ1) is 5.29. The van der Waals surface area contributed by atoms with Crippen LogP contribution in [-0.4, -0.2) is 38.1 Å². The molecule has 1 heterocycles. The summed E-state index contributed by atoms with van der Waals surface area (Å²) in [5, 5.41) is 3.34. The van der Waals surface area contributed by atoms with Crippen molar-refractivity contribution in [3.8, 4) is 11.8 Å². The van der Waals surface area contributed by atoms with Crippen LogP contribution in [0.25, 0.3) is 0 Å². The molecule has 78 valence electrons. The summed E-state index contributed by atoms with van der Waals surface area (Å²) in [7, 11) is 4.08. The maximum absolute atomic E-state index is 3.34. The van der Waals surface area contributed by atoms with E-state index in [1.165, 1.54) is 12.8 Å². The van der Waals surface area contributed by atoms with Gasteiger partial charge in [-0.25, -0.2) is 0 Å². The lowest BCUT2D eigenvalue weighted by Gasteiger charge is -2.02. The first-order valence-corrected chi connectivity index (χ1v) is 4.15. The van der Waals surface area contributed by atoms with Crippen LogP contribution in [0.4, 0.5) is 0 Å². The Morgan fingerprint density at radius 1 is 1.38 bits per heavy atom. The van der Waals surface area contributed by atoms with Crippen molar-refractivity contribution < 1.29 is 0 Å². The molecule has 0 aromatic heterocycles. The van der Waals surface area contributed by atoms with E-state index in [4.69, 9.17) is 0 Å². The predicted octanol–water partition coefficient (Wildman–Crippen LogP) is 1.15. The minimum atomic E-state index is 0. The molecule has 0 spiro atoms. The Hall–Kier alpha value is 0.0600. The largest absolute Gasteiger partial charge is 0.304 e. The smallest absolute Gasteiger partial charge is 0.0690 e. The molecular weight excluding hydrogens is 207 g/mol. The highest BCUT2D eigenvalue weighted by molar-refractivity contribution is 5.85. The summed E-state index contributed by atoms with van der Waals surface area (Å²) in [6, 6.07) is 0.468. The summed E-state index contributed by atoms with van der Waals surface area (Å²) in [5.74, 6) is 6.35. The van der Waals surface area contributed by atoms with Gasteiger partial charge in [0.1, 0.15) is 0 Å². The maximum atomic E-state index is 3.34. The molecule has 1 fully saturated rings. The Labute approximate surface area is 93.3 Å². The van der Waals surface area contributed by atoms with E-state index in [0.717, 1.165) is 13.1 Å². The molecule has 1 atom stereocenters. The second-order valence-electron chi connectivity index (χ2n) is 3.21. The number of hydrogen-bond acceptors (Lipinski definition) is 2. The molecule has 0 unspecified atom stereocenters. The van der Waals surface area contributed by atoms with Crippen LogP contribution in [0.5, 0.6) is 0 Å². The molecule has 1 N–H and O–H groups in total. The molecule has 0 radical (unpaired) electrons. The number of nitrogens with zero attached hydrogens (tertiary/aromatic N) is 1. The van der Waals surface area contributed by atoms with Crippen molar-refractivity contribution in [1.29, 1.82) is 0 Å². The molecule has 0 bridgehead atoms. The van der Waals surface area contributed by atoms with Crippen molar-refractivity contribution in [3.05, 3.63) is 0 Å². The van der Waals surface area contributed by atoms with Gasteiger partial charge in [0.15, 0.2) is 0 Å². The Kier molecular flexibility index (Phi) is 10.3. The van der Waals surface area contributed by atoms with Crippen molar-refractivity contribution in [3.63, 3.8) is 0 Å². The molecule has 13 heavy (non-hydrogen) atoms. The van der Waals surface area contributed by atoms with Crippen molar-refractivity contribution in [2.45, 2.75) is 18.9 Å². The topological polar surface area (TPSA) is 15.3 Å². The minimum absolute atomic E-state index is 0. The third-order valence-electron chi connectivity index (χ3n) is 1.73. The Morgan fingerprint density at radius 2 is 2.08 bits per heavy atom.